The summed E-state index contributed by atoms with van der Waals surface area (Å²) < 4.78 is 47.1. The summed E-state index contributed by atoms with van der Waals surface area (Å²) in [7, 11) is 0. The summed E-state index contributed by atoms with van der Waals surface area (Å²) in [4.78, 5) is 17.8. The number of alkyl halides is 3. The van der Waals surface area contributed by atoms with Crippen LogP contribution in [0.4, 0.5) is 13.2 Å². The summed E-state index contributed by atoms with van der Waals surface area (Å²) in [6.45, 7) is 8.53. The Morgan fingerprint density at radius 1 is 1.09 bits per heavy atom. The van der Waals surface area contributed by atoms with Gasteiger partial charge in [-0.3, -0.25) is 9.69 Å². The van der Waals surface area contributed by atoms with Gasteiger partial charge in [0.2, 0.25) is 0 Å². The molecule has 2 aromatic rings. The Labute approximate surface area is 204 Å². The fraction of sp³-hybridized carbons (Fsp3) is 0.615. The van der Waals surface area contributed by atoms with Crippen LogP contribution in [0.1, 0.15) is 67.1 Å². The van der Waals surface area contributed by atoms with E-state index >= 15 is 0 Å². The number of hydrogen-bond donors (Lipinski definition) is 0. The van der Waals surface area contributed by atoms with Crippen LogP contribution in [0.2, 0.25) is 0 Å². The monoisotopic (exact) mass is 490 g/mol. The molecule has 0 spiro atoms. The maximum atomic E-state index is 13.5. The zero-order chi connectivity index (χ0) is 24.7. The van der Waals surface area contributed by atoms with E-state index in [1.165, 1.54) is 10.7 Å². The van der Waals surface area contributed by atoms with E-state index in [1.54, 1.807) is 12.3 Å². The van der Waals surface area contributed by atoms with Gasteiger partial charge < -0.3 is 9.64 Å². The van der Waals surface area contributed by atoms with E-state index in [0.717, 1.165) is 63.1 Å². The average molecular weight is 491 g/mol. The van der Waals surface area contributed by atoms with Crippen LogP contribution < -0.4 is 0 Å². The van der Waals surface area contributed by atoms with Gasteiger partial charge in [-0.2, -0.15) is 18.3 Å². The van der Waals surface area contributed by atoms with E-state index in [1.807, 2.05) is 4.90 Å². The number of piperidine rings is 1. The van der Waals surface area contributed by atoms with Gasteiger partial charge in [-0.1, -0.05) is 6.07 Å². The molecule has 6 nitrogen and oxygen atoms in total. The molecule has 2 atom stereocenters. The molecule has 1 aliphatic carbocycles. The lowest BCUT2D eigenvalue weighted by molar-refractivity contribution is -0.137. The van der Waals surface area contributed by atoms with Crippen molar-refractivity contribution in [3.63, 3.8) is 0 Å². The van der Waals surface area contributed by atoms with Gasteiger partial charge in [0, 0.05) is 38.6 Å². The Morgan fingerprint density at radius 2 is 1.77 bits per heavy atom. The second kappa shape index (κ2) is 9.58. The highest BCUT2D eigenvalue weighted by molar-refractivity contribution is 5.95. The van der Waals surface area contributed by atoms with E-state index in [9.17, 15) is 18.0 Å². The fourth-order valence-corrected chi connectivity index (χ4v) is 5.58. The predicted octanol–water partition coefficient (Wildman–Crippen LogP) is 4.73. The molecule has 5 rings (SSSR count). The van der Waals surface area contributed by atoms with E-state index < -0.39 is 11.7 Å². The first-order chi connectivity index (χ1) is 16.7. The van der Waals surface area contributed by atoms with Crippen molar-refractivity contribution >= 4 is 5.91 Å². The molecule has 0 radical (unpaired) electrons. The second-order valence-electron chi connectivity index (χ2n) is 10.4. The molecule has 9 heteroatoms. The third kappa shape index (κ3) is 5.40. The summed E-state index contributed by atoms with van der Waals surface area (Å²) in [6.07, 6.45) is 1.34. The van der Waals surface area contributed by atoms with Crippen molar-refractivity contribution in [3.8, 4) is 5.69 Å². The smallest absolute Gasteiger partial charge is 0.373 e. The molecule has 1 aromatic carbocycles. The third-order valence-electron chi connectivity index (χ3n) is 7.33. The number of rotatable bonds is 5. The molecule has 3 fully saturated rings. The Balaban J connectivity index is 1.28. The van der Waals surface area contributed by atoms with Gasteiger partial charge in [0.1, 0.15) is 0 Å². The molecule has 35 heavy (non-hydrogen) atoms. The summed E-state index contributed by atoms with van der Waals surface area (Å²) in [5, 5.41) is 4.38. The largest absolute Gasteiger partial charge is 0.416 e. The molecule has 0 N–H and O–H groups in total. The van der Waals surface area contributed by atoms with Gasteiger partial charge in [-0.25, -0.2) is 4.68 Å². The van der Waals surface area contributed by atoms with Crippen LogP contribution in [0.3, 0.4) is 0 Å². The van der Waals surface area contributed by atoms with E-state index in [2.05, 4.69) is 23.8 Å². The third-order valence-corrected chi connectivity index (χ3v) is 7.33. The fourth-order valence-electron chi connectivity index (χ4n) is 5.58. The number of benzene rings is 1. The number of ether oxygens (including phenoxy) is 1. The average Bonchev–Trinajstić information content (AvgIpc) is 3.55. The summed E-state index contributed by atoms with van der Waals surface area (Å²) in [5.41, 5.74) is 0.895. The molecule has 3 aliphatic rings. The number of amides is 1. The molecule has 2 aliphatic heterocycles. The van der Waals surface area contributed by atoms with Crippen LogP contribution in [-0.2, 0) is 10.9 Å². The molecule has 1 aromatic heterocycles. The van der Waals surface area contributed by atoms with E-state index in [-0.39, 0.29) is 24.0 Å². The zero-order valence-electron chi connectivity index (χ0n) is 20.3. The Bertz CT molecular complexity index is 1050. The second-order valence-corrected chi connectivity index (χ2v) is 10.4. The molecule has 190 valence electrons. The molecule has 3 heterocycles. The molecule has 0 bridgehead atoms. The van der Waals surface area contributed by atoms with Gasteiger partial charge in [0.25, 0.3) is 5.91 Å². The van der Waals surface area contributed by atoms with Gasteiger partial charge >= 0.3 is 6.18 Å². The number of halogens is 3. The van der Waals surface area contributed by atoms with Gasteiger partial charge in [-0.05, 0) is 63.6 Å². The lowest BCUT2D eigenvalue weighted by atomic mass is 9.95. The molecule has 1 saturated carbocycles. The number of likely N-dealkylation sites (tertiary alicyclic amines) is 1. The Hall–Kier alpha value is -2.39. The highest BCUT2D eigenvalue weighted by Crippen LogP contribution is 2.43. The predicted molar refractivity (Wildman–Crippen MR) is 126 cm³/mol. The summed E-state index contributed by atoms with van der Waals surface area (Å²) in [6, 6.07) is 5.16. The van der Waals surface area contributed by atoms with Crippen LogP contribution in [0.5, 0.6) is 0 Å². The summed E-state index contributed by atoms with van der Waals surface area (Å²) in [5.74, 6) is 0.651. The van der Waals surface area contributed by atoms with Crippen molar-refractivity contribution in [2.24, 2.45) is 5.92 Å². The normalized spacial score (nSPS) is 24.7. The van der Waals surface area contributed by atoms with E-state index in [4.69, 9.17) is 4.74 Å². The first-order valence-corrected chi connectivity index (χ1v) is 12.6. The maximum absolute atomic E-state index is 13.5. The minimum Gasteiger partial charge on any atom is -0.373 e. The number of carbonyl (C=O) groups is 1. The highest BCUT2D eigenvalue weighted by atomic mass is 19.4. The first kappa shape index (κ1) is 24.3. The first-order valence-electron chi connectivity index (χ1n) is 12.6. The summed E-state index contributed by atoms with van der Waals surface area (Å²) >= 11 is 0. The van der Waals surface area contributed by atoms with Crippen molar-refractivity contribution in [1.82, 2.24) is 19.6 Å². The molecule has 2 unspecified atom stereocenters. The topological polar surface area (TPSA) is 50.6 Å². The quantitative estimate of drug-likeness (QED) is 0.608. The number of hydrogen-bond acceptors (Lipinski definition) is 4. The molecular weight excluding hydrogens is 457 g/mol. The Morgan fingerprint density at radius 3 is 2.40 bits per heavy atom. The number of morpholine rings is 1. The zero-order valence-corrected chi connectivity index (χ0v) is 20.3. The van der Waals surface area contributed by atoms with Crippen LogP contribution >= 0.6 is 0 Å². The van der Waals surface area contributed by atoms with Crippen molar-refractivity contribution in [1.29, 1.82) is 0 Å². The van der Waals surface area contributed by atoms with Crippen LogP contribution in [0.25, 0.3) is 5.69 Å². The van der Waals surface area contributed by atoms with Crippen LogP contribution in [0.15, 0.2) is 30.5 Å². The lowest BCUT2D eigenvalue weighted by Gasteiger charge is -2.39. The maximum Gasteiger partial charge on any atom is 0.416 e. The number of carbonyl (C=O) groups excluding carboxylic acids is 1. The molecule has 1 amide bonds. The minimum absolute atomic E-state index is 0.0582. The van der Waals surface area contributed by atoms with E-state index in [0.29, 0.717) is 30.3 Å². The van der Waals surface area contributed by atoms with Crippen LogP contribution in [-0.4, -0.2) is 70.4 Å². The molecular formula is C26H33F3N4O2. The number of aromatic nitrogens is 2. The van der Waals surface area contributed by atoms with Crippen molar-refractivity contribution < 1.29 is 22.7 Å². The molecule has 2 saturated heterocycles. The van der Waals surface area contributed by atoms with Crippen molar-refractivity contribution in [3.05, 3.63) is 47.3 Å². The van der Waals surface area contributed by atoms with Crippen molar-refractivity contribution in [2.75, 3.05) is 32.7 Å². The Kier molecular flexibility index (Phi) is 6.65. The van der Waals surface area contributed by atoms with Crippen molar-refractivity contribution in [2.45, 2.75) is 63.8 Å². The van der Waals surface area contributed by atoms with Gasteiger partial charge in [-0.15, -0.1) is 0 Å². The SMILES string of the molecule is CC1CN(CC2CCN(C(=O)c3cnn(-c4cccc(C(F)(F)F)c4)c3C3CC3)CC2)CC(C)O1. The lowest BCUT2D eigenvalue weighted by Crippen LogP contribution is -2.48. The highest BCUT2D eigenvalue weighted by Gasteiger charge is 2.36. The standard InChI is InChI=1S/C26H33F3N4O2/c1-17-14-31(15-18(2)35-17)16-19-8-10-32(11-9-19)25(34)23-13-30-33(24(23)20-6-7-20)22-5-3-4-21(12-22)26(27,28)29/h3-5,12-13,17-20H,6-11,14-16H2,1-2H3. The van der Waals surface area contributed by atoms with Crippen LogP contribution in [0, 0.1) is 5.92 Å². The van der Waals surface area contributed by atoms with Gasteiger partial charge in [0.15, 0.2) is 0 Å². The number of nitrogens with zero attached hydrogens (tertiary/aromatic N) is 4. The minimum atomic E-state index is -4.43. The van der Waals surface area contributed by atoms with Gasteiger partial charge in [0.05, 0.1) is 40.9 Å².